The van der Waals surface area contributed by atoms with E-state index in [-0.39, 0.29) is 0 Å². The minimum Gasteiger partial charge on any atom is -0.483 e. The molecule has 5 nitrogen and oxygen atoms in total. The van der Waals surface area contributed by atoms with Crippen molar-refractivity contribution in [3.63, 3.8) is 0 Å². The van der Waals surface area contributed by atoms with E-state index in [0.29, 0.717) is 18.3 Å². The second-order valence-corrected chi connectivity index (χ2v) is 4.37. The van der Waals surface area contributed by atoms with Crippen molar-refractivity contribution in [3.8, 4) is 5.75 Å². The third-order valence-electron chi connectivity index (χ3n) is 2.77. The van der Waals surface area contributed by atoms with Crippen molar-refractivity contribution < 1.29 is 9.26 Å². The molecule has 1 aromatic carbocycles. The molecule has 0 aliphatic carbocycles. The number of aromatic nitrogens is 2. The molecule has 0 saturated carbocycles. The Balaban J connectivity index is 2.09. The second-order valence-electron chi connectivity index (χ2n) is 4.37. The SMILES string of the molecule is CCNCc1cccc(C)c1OCc1nc(C)no1. The predicted octanol–water partition coefficient (Wildman–Crippen LogP) is 2.37. The highest BCUT2D eigenvalue weighted by Gasteiger charge is 2.09. The zero-order chi connectivity index (χ0) is 13.7. The van der Waals surface area contributed by atoms with Crippen LogP contribution in [0.3, 0.4) is 0 Å². The number of para-hydroxylation sites is 1. The maximum absolute atomic E-state index is 5.83. The third kappa shape index (κ3) is 3.54. The van der Waals surface area contributed by atoms with Crippen LogP contribution in [-0.2, 0) is 13.2 Å². The monoisotopic (exact) mass is 261 g/mol. The van der Waals surface area contributed by atoms with Crippen LogP contribution >= 0.6 is 0 Å². The number of nitrogens with one attached hydrogen (secondary N) is 1. The van der Waals surface area contributed by atoms with E-state index in [4.69, 9.17) is 9.26 Å². The maximum Gasteiger partial charge on any atom is 0.264 e. The minimum absolute atomic E-state index is 0.296. The smallest absolute Gasteiger partial charge is 0.264 e. The summed E-state index contributed by atoms with van der Waals surface area (Å²) in [4.78, 5) is 4.13. The van der Waals surface area contributed by atoms with Gasteiger partial charge in [-0.25, -0.2) is 0 Å². The molecule has 102 valence electrons. The van der Waals surface area contributed by atoms with Crippen LogP contribution in [0, 0.1) is 13.8 Å². The summed E-state index contributed by atoms with van der Waals surface area (Å²) in [5.74, 6) is 2.01. The molecule has 0 atom stereocenters. The zero-order valence-corrected chi connectivity index (χ0v) is 11.6. The van der Waals surface area contributed by atoms with E-state index in [1.54, 1.807) is 6.92 Å². The van der Waals surface area contributed by atoms with Gasteiger partial charge in [-0.15, -0.1) is 0 Å². The van der Waals surface area contributed by atoms with Crippen LogP contribution < -0.4 is 10.1 Å². The number of aryl methyl sites for hydroxylation is 2. The van der Waals surface area contributed by atoms with Gasteiger partial charge in [-0.3, -0.25) is 0 Å². The molecule has 0 spiro atoms. The molecule has 0 aliphatic heterocycles. The summed E-state index contributed by atoms with van der Waals surface area (Å²) in [5.41, 5.74) is 2.24. The van der Waals surface area contributed by atoms with E-state index in [2.05, 4.69) is 28.4 Å². The van der Waals surface area contributed by atoms with Gasteiger partial charge in [-0.2, -0.15) is 4.98 Å². The zero-order valence-electron chi connectivity index (χ0n) is 11.6. The molecule has 0 bridgehead atoms. The summed E-state index contributed by atoms with van der Waals surface area (Å²) < 4.78 is 10.9. The van der Waals surface area contributed by atoms with Gasteiger partial charge in [0.05, 0.1) is 0 Å². The van der Waals surface area contributed by atoms with Crippen LogP contribution in [0.15, 0.2) is 22.7 Å². The highest BCUT2D eigenvalue weighted by Crippen LogP contribution is 2.24. The maximum atomic E-state index is 5.83. The number of hydrogen-bond donors (Lipinski definition) is 1. The molecular formula is C14H19N3O2. The molecule has 2 aromatic rings. The van der Waals surface area contributed by atoms with Crippen LogP contribution in [0.2, 0.25) is 0 Å². The van der Waals surface area contributed by atoms with Crippen LogP contribution in [0.25, 0.3) is 0 Å². The standard InChI is InChI=1S/C14H19N3O2/c1-4-15-8-12-7-5-6-10(2)14(12)18-9-13-16-11(3)17-19-13/h5-7,15H,4,8-9H2,1-3H3. The lowest BCUT2D eigenvalue weighted by Crippen LogP contribution is -2.13. The molecule has 1 N–H and O–H groups in total. The quantitative estimate of drug-likeness (QED) is 0.865. The van der Waals surface area contributed by atoms with Gasteiger partial charge in [0.15, 0.2) is 12.4 Å². The van der Waals surface area contributed by atoms with Gasteiger partial charge in [-0.05, 0) is 26.0 Å². The van der Waals surface area contributed by atoms with E-state index in [0.717, 1.165) is 30.0 Å². The average molecular weight is 261 g/mol. The van der Waals surface area contributed by atoms with Crippen molar-refractivity contribution in [2.24, 2.45) is 0 Å². The summed E-state index contributed by atoms with van der Waals surface area (Å²) >= 11 is 0. The fraction of sp³-hybridized carbons (Fsp3) is 0.429. The first kappa shape index (κ1) is 13.5. The Labute approximate surface area is 113 Å². The molecule has 2 rings (SSSR count). The fourth-order valence-electron chi connectivity index (χ4n) is 1.85. The predicted molar refractivity (Wildman–Crippen MR) is 71.9 cm³/mol. The summed E-state index contributed by atoms with van der Waals surface area (Å²) in [6, 6.07) is 6.12. The average Bonchev–Trinajstić information content (AvgIpc) is 2.81. The fourth-order valence-corrected chi connectivity index (χ4v) is 1.85. The second kappa shape index (κ2) is 6.33. The van der Waals surface area contributed by atoms with Gasteiger partial charge in [-0.1, -0.05) is 30.3 Å². The summed E-state index contributed by atoms with van der Waals surface area (Å²) in [7, 11) is 0. The van der Waals surface area contributed by atoms with Crippen LogP contribution in [0.4, 0.5) is 0 Å². The molecule has 0 fully saturated rings. The Morgan fingerprint density at radius 1 is 1.32 bits per heavy atom. The summed E-state index contributed by atoms with van der Waals surface area (Å²) in [6.07, 6.45) is 0. The number of hydrogen-bond acceptors (Lipinski definition) is 5. The lowest BCUT2D eigenvalue weighted by molar-refractivity contribution is 0.239. The van der Waals surface area contributed by atoms with Gasteiger partial charge in [0, 0.05) is 12.1 Å². The Hall–Kier alpha value is -1.88. The number of benzene rings is 1. The Morgan fingerprint density at radius 3 is 2.84 bits per heavy atom. The molecule has 19 heavy (non-hydrogen) atoms. The van der Waals surface area contributed by atoms with Gasteiger partial charge in [0.1, 0.15) is 5.75 Å². The summed E-state index contributed by atoms with van der Waals surface area (Å²) in [5, 5.41) is 7.05. The first-order valence-electron chi connectivity index (χ1n) is 6.42. The van der Waals surface area contributed by atoms with E-state index in [1.807, 2.05) is 19.1 Å². The normalized spacial score (nSPS) is 10.7. The molecule has 1 heterocycles. The van der Waals surface area contributed by atoms with Crippen molar-refractivity contribution in [2.75, 3.05) is 6.54 Å². The van der Waals surface area contributed by atoms with Gasteiger partial charge >= 0.3 is 0 Å². The van der Waals surface area contributed by atoms with Crippen molar-refractivity contribution in [2.45, 2.75) is 33.9 Å². The first-order valence-corrected chi connectivity index (χ1v) is 6.42. The molecule has 0 radical (unpaired) electrons. The molecule has 5 heteroatoms. The highest BCUT2D eigenvalue weighted by molar-refractivity contribution is 5.40. The van der Waals surface area contributed by atoms with E-state index < -0.39 is 0 Å². The summed E-state index contributed by atoms with van der Waals surface area (Å²) in [6.45, 7) is 7.91. The van der Waals surface area contributed by atoms with Crippen LogP contribution in [0.5, 0.6) is 5.75 Å². The lowest BCUT2D eigenvalue weighted by Gasteiger charge is -2.13. The lowest BCUT2D eigenvalue weighted by atomic mass is 10.1. The Morgan fingerprint density at radius 2 is 2.16 bits per heavy atom. The number of nitrogens with zero attached hydrogens (tertiary/aromatic N) is 2. The van der Waals surface area contributed by atoms with E-state index >= 15 is 0 Å². The first-order chi connectivity index (χ1) is 9.20. The molecule has 0 aliphatic rings. The van der Waals surface area contributed by atoms with Gasteiger partial charge in [0.25, 0.3) is 5.89 Å². The third-order valence-corrected chi connectivity index (χ3v) is 2.77. The molecule has 1 aromatic heterocycles. The Bertz CT molecular complexity index is 537. The molecular weight excluding hydrogens is 242 g/mol. The minimum atomic E-state index is 0.296. The Kier molecular flexibility index (Phi) is 4.52. The van der Waals surface area contributed by atoms with Crippen molar-refractivity contribution >= 4 is 0 Å². The molecule has 0 unspecified atom stereocenters. The largest absolute Gasteiger partial charge is 0.483 e. The van der Waals surface area contributed by atoms with Crippen molar-refractivity contribution in [1.82, 2.24) is 15.5 Å². The molecule has 0 amide bonds. The van der Waals surface area contributed by atoms with Crippen LogP contribution in [-0.4, -0.2) is 16.7 Å². The van der Waals surface area contributed by atoms with Gasteiger partial charge in [0.2, 0.25) is 0 Å². The van der Waals surface area contributed by atoms with Crippen LogP contribution in [0.1, 0.15) is 29.8 Å². The number of rotatable bonds is 6. The number of ether oxygens (including phenoxy) is 1. The molecule has 0 saturated heterocycles. The van der Waals surface area contributed by atoms with E-state index in [9.17, 15) is 0 Å². The topological polar surface area (TPSA) is 60.2 Å². The van der Waals surface area contributed by atoms with Crippen molar-refractivity contribution in [1.29, 1.82) is 0 Å². The van der Waals surface area contributed by atoms with Gasteiger partial charge < -0.3 is 14.6 Å². The van der Waals surface area contributed by atoms with E-state index in [1.165, 1.54) is 0 Å². The highest BCUT2D eigenvalue weighted by atomic mass is 16.5. The van der Waals surface area contributed by atoms with Crippen molar-refractivity contribution in [3.05, 3.63) is 41.0 Å².